The molecule has 18 heavy (non-hydrogen) atoms. The van der Waals surface area contributed by atoms with E-state index in [0.29, 0.717) is 4.88 Å². The second-order valence-corrected chi connectivity index (χ2v) is 6.28. The lowest BCUT2D eigenvalue weighted by molar-refractivity contribution is 0.0947. The fraction of sp³-hybridized carbons (Fsp3) is 0.692. The Hall–Kier alpha value is -0.940. The van der Waals surface area contributed by atoms with Crippen molar-refractivity contribution in [1.29, 1.82) is 0 Å². The number of likely N-dealkylation sites (tertiary alicyclic amines) is 1. The van der Waals surface area contributed by atoms with Gasteiger partial charge in [-0.25, -0.2) is 4.98 Å². The van der Waals surface area contributed by atoms with E-state index in [2.05, 4.69) is 22.1 Å². The Labute approximate surface area is 112 Å². The van der Waals surface area contributed by atoms with Crippen LogP contribution in [0.5, 0.6) is 0 Å². The summed E-state index contributed by atoms with van der Waals surface area (Å²) in [4.78, 5) is 19.0. The van der Waals surface area contributed by atoms with Crippen LogP contribution in [0.2, 0.25) is 0 Å². The molecule has 1 atom stereocenters. The van der Waals surface area contributed by atoms with E-state index in [4.69, 9.17) is 0 Å². The fourth-order valence-electron chi connectivity index (χ4n) is 2.37. The molecule has 1 amide bonds. The summed E-state index contributed by atoms with van der Waals surface area (Å²) in [6.07, 6.45) is 4.27. The molecule has 0 unspecified atom stereocenters. The van der Waals surface area contributed by atoms with Crippen molar-refractivity contribution in [2.24, 2.45) is 5.92 Å². The zero-order valence-electron chi connectivity index (χ0n) is 11.1. The summed E-state index contributed by atoms with van der Waals surface area (Å²) in [5.74, 6) is 0.796. The minimum atomic E-state index is 0.00524. The number of nitrogens with zero attached hydrogens (tertiary/aromatic N) is 2. The van der Waals surface area contributed by atoms with Crippen LogP contribution in [0.25, 0.3) is 0 Å². The van der Waals surface area contributed by atoms with Crippen molar-refractivity contribution in [2.75, 3.05) is 26.2 Å². The van der Waals surface area contributed by atoms with E-state index in [1.54, 1.807) is 6.20 Å². The number of thiazole rings is 1. The number of aromatic nitrogens is 1. The Bertz CT molecular complexity index is 405. The number of carbonyl (C=O) groups is 1. The van der Waals surface area contributed by atoms with Crippen molar-refractivity contribution < 1.29 is 4.79 Å². The first-order chi connectivity index (χ1) is 8.65. The van der Waals surface area contributed by atoms with E-state index in [1.165, 1.54) is 30.7 Å². The molecule has 1 saturated heterocycles. The zero-order valence-corrected chi connectivity index (χ0v) is 11.9. The van der Waals surface area contributed by atoms with Crippen molar-refractivity contribution in [3.05, 3.63) is 16.1 Å². The van der Waals surface area contributed by atoms with E-state index >= 15 is 0 Å². The fourth-order valence-corrected chi connectivity index (χ4v) is 3.06. The van der Waals surface area contributed by atoms with E-state index in [-0.39, 0.29) is 5.91 Å². The van der Waals surface area contributed by atoms with Gasteiger partial charge in [0.1, 0.15) is 4.88 Å². The molecule has 0 radical (unpaired) electrons. The van der Waals surface area contributed by atoms with Gasteiger partial charge in [-0.2, -0.15) is 0 Å². The zero-order chi connectivity index (χ0) is 13.0. The van der Waals surface area contributed by atoms with Crippen molar-refractivity contribution in [1.82, 2.24) is 15.2 Å². The highest BCUT2D eigenvalue weighted by Gasteiger charge is 2.16. The number of rotatable bonds is 4. The number of carbonyl (C=O) groups excluding carboxylic acids is 1. The lowest BCUT2D eigenvalue weighted by Gasteiger charge is -2.30. The molecule has 0 saturated carbocycles. The molecular weight excluding hydrogens is 246 g/mol. The van der Waals surface area contributed by atoms with Crippen molar-refractivity contribution >= 4 is 17.2 Å². The summed E-state index contributed by atoms with van der Waals surface area (Å²) < 4.78 is 0. The third-order valence-electron chi connectivity index (χ3n) is 3.30. The molecule has 0 aromatic carbocycles. The number of aryl methyl sites for hydroxylation is 1. The van der Waals surface area contributed by atoms with Crippen molar-refractivity contribution in [2.45, 2.75) is 26.7 Å². The van der Waals surface area contributed by atoms with Crippen LogP contribution in [-0.2, 0) is 0 Å². The maximum atomic E-state index is 11.8. The highest BCUT2D eigenvalue weighted by Crippen LogP contribution is 2.14. The summed E-state index contributed by atoms with van der Waals surface area (Å²) >= 11 is 1.45. The number of hydrogen-bond acceptors (Lipinski definition) is 4. The molecule has 100 valence electrons. The molecule has 1 aliphatic heterocycles. The molecule has 0 aliphatic carbocycles. The largest absolute Gasteiger partial charge is 0.350 e. The lowest BCUT2D eigenvalue weighted by atomic mass is 10.0. The second kappa shape index (κ2) is 6.29. The van der Waals surface area contributed by atoms with Gasteiger partial charge in [-0.1, -0.05) is 6.92 Å². The Kier molecular flexibility index (Phi) is 4.72. The normalized spacial score (nSPS) is 20.9. The summed E-state index contributed by atoms with van der Waals surface area (Å²) in [6, 6.07) is 0. The van der Waals surface area contributed by atoms with Crippen LogP contribution in [0.4, 0.5) is 0 Å². The molecular formula is C13H21N3OS. The number of piperidine rings is 1. The second-order valence-electron chi connectivity index (χ2n) is 5.05. The summed E-state index contributed by atoms with van der Waals surface area (Å²) in [5.41, 5.74) is 0. The van der Waals surface area contributed by atoms with Gasteiger partial charge in [-0.3, -0.25) is 4.79 Å². The summed E-state index contributed by atoms with van der Waals surface area (Å²) in [5, 5.41) is 3.90. The molecule has 0 bridgehead atoms. The quantitative estimate of drug-likeness (QED) is 0.906. The standard InChI is InChI=1S/C13H21N3OS/c1-10-4-3-6-16(9-10)7-5-14-13(17)12-8-15-11(2)18-12/h8,10H,3-7,9H2,1-2H3,(H,14,17)/t10-/m1/s1. The Morgan fingerprint density at radius 1 is 1.67 bits per heavy atom. The van der Waals surface area contributed by atoms with Gasteiger partial charge in [-0.05, 0) is 32.2 Å². The van der Waals surface area contributed by atoms with Crippen molar-refractivity contribution in [3.63, 3.8) is 0 Å². The molecule has 1 N–H and O–H groups in total. The molecule has 1 aliphatic rings. The average molecular weight is 267 g/mol. The summed E-state index contributed by atoms with van der Waals surface area (Å²) in [7, 11) is 0. The van der Waals surface area contributed by atoms with Crippen molar-refractivity contribution in [3.8, 4) is 0 Å². The third-order valence-corrected chi connectivity index (χ3v) is 4.21. The van der Waals surface area contributed by atoms with Crippen LogP contribution in [0.3, 0.4) is 0 Å². The maximum Gasteiger partial charge on any atom is 0.263 e. The van der Waals surface area contributed by atoms with E-state index in [9.17, 15) is 4.79 Å². The van der Waals surface area contributed by atoms with Crippen LogP contribution < -0.4 is 5.32 Å². The van der Waals surface area contributed by atoms with Crippen LogP contribution in [0.15, 0.2) is 6.20 Å². The predicted molar refractivity (Wildman–Crippen MR) is 74.0 cm³/mol. The van der Waals surface area contributed by atoms with Gasteiger partial charge in [0.2, 0.25) is 0 Å². The maximum absolute atomic E-state index is 11.8. The van der Waals surface area contributed by atoms with E-state index in [0.717, 1.165) is 30.6 Å². The van der Waals surface area contributed by atoms with Gasteiger partial charge in [0.05, 0.1) is 11.2 Å². The van der Waals surface area contributed by atoms with Crippen LogP contribution in [0.1, 0.15) is 34.4 Å². The molecule has 4 nitrogen and oxygen atoms in total. The smallest absolute Gasteiger partial charge is 0.263 e. The third kappa shape index (κ3) is 3.78. The molecule has 0 spiro atoms. The van der Waals surface area contributed by atoms with E-state index < -0.39 is 0 Å². The van der Waals surface area contributed by atoms with Gasteiger partial charge in [0.25, 0.3) is 5.91 Å². The van der Waals surface area contributed by atoms with E-state index in [1.807, 2.05) is 6.92 Å². The Morgan fingerprint density at radius 2 is 2.50 bits per heavy atom. The summed E-state index contributed by atoms with van der Waals surface area (Å²) in [6.45, 7) is 8.22. The molecule has 5 heteroatoms. The first kappa shape index (κ1) is 13.5. The monoisotopic (exact) mass is 267 g/mol. The number of hydrogen-bond donors (Lipinski definition) is 1. The average Bonchev–Trinajstić information content (AvgIpc) is 2.76. The Balaban J connectivity index is 1.70. The first-order valence-corrected chi connectivity index (χ1v) is 7.40. The number of amides is 1. The molecule has 1 aromatic rings. The van der Waals surface area contributed by atoms with Crippen LogP contribution >= 0.6 is 11.3 Å². The van der Waals surface area contributed by atoms with Gasteiger partial charge >= 0.3 is 0 Å². The highest BCUT2D eigenvalue weighted by molar-refractivity contribution is 7.13. The highest BCUT2D eigenvalue weighted by atomic mass is 32.1. The molecule has 2 heterocycles. The van der Waals surface area contributed by atoms with Gasteiger partial charge < -0.3 is 10.2 Å². The molecule has 1 aromatic heterocycles. The topological polar surface area (TPSA) is 45.2 Å². The first-order valence-electron chi connectivity index (χ1n) is 6.58. The van der Waals surface area contributed by atoms with Gasteiger partial charge in [0.15, 0.2) is 0 Å². The molecule has 2 rings (SSSR count). The molecule has 1 fully saturated rings. The van der Waals surface area contributed by atoms with Gasteiger partial charge in [0, 0.05) is 19.6 Å². The SMILES string of the molecule is Cc1ncc(C(=O)NCCN2CCC[C@@H](C)C2)s1. The van der Waals surface area contributed by atoms with Crippen LogP contribution in [0, 0.1) is 12.8 Å². The van der Waals surface area contributed by atoms with Crippen LogP contribution in [-0.4, -0.2) is 42.0 Å². The number of nitrogens with one attached hydrogen (secondary N) is 1. The predicted octanol–water partition coefficient (Wildman–Crippen LogP) is 1.91. The lowest BCUT2D eigenvalue weighted by Crippen LogP contribution is -2.40. The minimum Gasteiger partial charge on any atom is -0.350 e. The minimum absolute atomic E-state index is 0.00524. The Morgan fingerprint density at radius 3 is 3.17 bits per heavy atom. The van der Waals surface area contributed by atoms with Gasteiger partial charge in [-0.15, -0.1) is 11.3 Å².